The second-order valence-electron chi connectivity index (χ2n) is 8.39. The lowest BCUT2D eigenvalue weighted by Gasteiger charge is -2.29. The van der Waals surface area contributed by atoms with Crippen LogP contribution >= 0.6 is 0 Å². The third-order valence-electron chi connectivity index (χ3n) is 6.45. The molecule has 158 valence electrons. The minimum absolute atomic E-state index is 0.259. The van der Waals surface area contributed by atoms with E-state index in [9.17, 15) is 14.7 Å². The quantitative estimate of drug-likeness (QED) is 0.797. The van der Waals surface area contributed by atoms with Gasteiger partial charge in [-0.2, -0.15) is 0 Å². The molecule has 2 atom stereocenters. The second-order valence-corrected chi connectivity index (χ2v) is 8.39. The summed E-state index contributed by atoms with van der Waals surface area (Å²) in [4.78, 5) is 28.2. The average molecular weight is 408 g/mol. The molecule has 0 saturated carbocycles. The summed E-state index contributed by atoms with van der Waals surface area (Å²) in [6.07, 6.45) is 2.18. The molecule has 2 aliphatic heterocycles. The molecule has 0 radical (unpaired) electrons. The lowest BCUT2D eigenvalue weighted by Crippen LogP contribution is -2.37. The minimum atomic E-state index is -0.961. The Bertz CT molecular complexity index is 906. The number of primary amides is 1. The minimum Gasteiger partial charge on any atom is -0.465 e. The number of fused-ring (bicyclic) bond motifs is 1. The van der Waals surface area contributed by atoms with Gasteiger partial charge in [-0.1, -0.05) is 48.5 Å². The number of benzene rings is 2. The Morgan fingerprint density at radius 2 is 1.73 bits per heavy atom. The van der Waals surface area contributed by atoms with Gasteiger partial charge in [-0.05, 0) is 54.6 Å². The van der Waals surface area contributed by atoms with Gasteiger partial charge in [0.1, 0.15) is 0 Å². The molecule has 2 unspecified atom stereocenters. The van der Waals surface area contributed by atoms with Crippen molar-refractivity contribution in [1.29, 1.82) is 0 Å². The summed E-state index contributed by atoms with van der Waals surface area (Å²) in [5.74, 6) is -1.30. The summed E-state index contributed by atoms with van der Waals surface area (Å²) in [6.45, 7) is 3.87. The maximum absolute atomic E-state index is 12.6. The van der Waals surface area contributed by atoms with Crippen molar-refractivity contribution in [2.75, 3.05) is 26.2 Å². The van der Waals surface area contributed by atoms with Crippen LogP contribution in [0.4, 0.5) is 4.79 Å². The number of carbonyl (C=O) groups excluding carboxylic acids is 1. The molecule has 2 aromatic carbocycles. The molecule has 2 aromatic rings. The topological polar surface area (TPSA) is 86.9 Å². The molecule has 0 aliphatic carbocycles. The summed E-state index contributed by atoms with van der Waals surface area (Å²) in [6, 6.07) is 16.0. The van der Waals surface area contributed by atoms with Gasteiger partial charge in [0.15, 0.2) is 0 Å². The van der Waals surface area contributed by atoms with Gasteiger partial charge in [-0.3, -0.25) is 9.69 Å². The molecule has 0 aromatic heterocycles. The van der Waals surface area contributed by atoms with E-state index in [-0.39, 0.29) is 12.5 Å². The lowest BCUT2D eigenvalue weighted by atomic mass is 9.79. The van der Waals surface area contributed by atoms with E-state index in [4.69, 9.17) is 5.73 Å². The Morgan fingerprint density at radius 1 is 1.03 bits per heavy atom. The summed E-state index contributed by atoms with van der Waals surface area (Å²) in [5, 5.41) is 9.63. The van der Waals surface area contributed by atoms with Crippen LogP contribution in [0.15, 0.2) is 48.5 Å². The molecule has 30 heavy (non-hydrogen) atoms. The van der Waals surface area contributed by atoms with Crippen LogP contribution in [0, 0.1) is 0 Å². The number of carbonyl (C=O) groups is 2. The monoisotopic (exact) mass is 407 g/mol. The Morgan fingerprint density at radius 3 is 2.40 bits per heavy atom. The number of amides is 2. The van der Waals surface area contributed by atoms with Crippen LogP contribution in [-0.2, 0) is 17.8 Å². The molecular formula is C24H29N3O3. The highest BCUT2D eigenvalue weighted by molar-refractivity contribution is 5.83. The molecule has 3 N–H and O–H groups in total. The number of nitrogens with zero attached hydrogens (tertiary/aromatic N) is 2. The van der Waals surface area contributed by atoms with Crippen molar-refractivity contribution >= 4 is 12.0 Å². The van der Waals surface area contributed by atoms with Crippen LogP contribution in [-0.4, -0.2) is 53.1 Å². The van der Waals surface area contributed by atoms with E-state index in [0.717, 1.165) is 36.3 Å². The first-order chi connectivity index (χ1) is 14.5. The molecule has 1 saturated heterocycles. The number of carboxylic acid groups (broad SMARTS) is 1. The van der Waals surface area contributed by atoms with Gasteiger partial charge >= 0.3 is 6.09 Å². The van der Waals surface area contributed by atoms with Crippen LogP contribution in [0.3, 0.4) is 0 Å². The van der Waals surface area contributed by atoms with Crippen LogP contribution < -0.4 is 5.73 Å². The van der Waals surface area contributed by atoms with Crippen LogP contribution in [0.2, 0.25) is 0 Å². The Labute approximate surface area is 177 Å². The molecule has 2 aliphatic rings. The van der Waals surface area contributed by atoms with Gasteiger partial charge in [0, 0.05) is 25.6 Å². The largest absolute Gasteiger partial charge is 0.465 e. The van der Waals surface area contributed by atoms with Crippen LogP contribution in [0.25, 0.3) is 0 Å². The van der Waals surface area contributed by atoms with E-state index in [2.05, 4.69) is 17.0 Å². The third kappa shape index (κ3) is 4.33. The Balaban J connectivity index is 1.65. The number of hydrogen-bond donors (Lipinski definition) is 2. The van der Waals surface area contributed by atoms with Crippen molar-refractivity contribution in [2.24, 2.45) is 5.73 Å². The fraction of sp³-hybridized carbons (Fsp3) is 0.417. The number of rotatable bonds is 5. The van der Waals surface area contributed by atoms with E-state index >= 15 is 0 Å². The van der Waals surface area contributed by atoms with Crippen molar-refractivity contribution < 1.29 is 14.7 Å². The zero-order chi connectivity index (χ0) is 21.1. The van der Waals surface area contributed by atoms with E-state index in [0.29, 0.717) is 13.0 Å². The smallest absolute Gasteiger partial charge is 0.407 e. The van der Waals surface area contributed by atoms with Gasteiger partial charge in [-0.25, -0.2) is 4.79 Å². The normalized spacial score (nSPS) is 20.4. The highest BCUT2D eigenvalue weighted by Crippen LogP contribution is 2.37. The highest BCUT2D eigenvalue weighted by Gasteiger charge is 2.35. The maximum atomic E-state index is 12.6. The fourth-order valence-electron chi connectivity index (χ4n) is 4.89. The summed E-state index contributed by atoms with van der Waals surface area (Å²) >= 11 is 0. The summed E-state index contributed by atoms with van der Waals surface area (Å²) in [7, 11) is 0. The molecule has 2 amide bonds. The first-order valence-corrected chi connectivity index (χ1v) is 10.7. The molecule has 6 nitrogen and oxygen atoms in total. The Hall–Kier alpha value is -2.86. The van der Waals surface area contributed by atoms with Gasteiger partial charge in [0.25, 0.3) is 0 Å². The SMILES string of the molecule is NC(=O)C(c1ccc(CN2CCCC2)cc1)C1CN(C(=O)O)CCc2ccccc21. The van der Waals surface area contributed by atoms with E-state index in [1.54, 1.807) is 0 Å². The number of nitrogens with two attached hydrogens (primary N) is 1. The van der Waals surface area contributed by atoms with Crippen LogP contribution in [0.5, 0.6) is 0 Å². The van der Waals surface area contributed by atoms with Crippen molar-refractivity contribution in [3.05, 3.63) is 70.8 Å². The van der Waals surface area contributed by atoms with Gasteiger partial charge in [-0.15, -0.1) is 0 Å². The second kappa shape index (κ2) is 8.88. The molecule has 6 heteroatoms. The number of likely N-dealkylation sites (tertiary alicyclic amines) is 1. The van der Waals surface area contributed by atoms with Gasteiger partial charge < -0.3 is 15.7 Å². The predicted octanol–water partition coefficient (Wildman–Crippen LogP) is 3.17. The highest BCUT2D eigenvalue weighted by atomic mass is 16.4. The van der Waals surface area contributed by atoms with E-state index < -0.39 is 17.9 Å². The lowest BCUT2D eigenvalue weighted by molar-refractivity contribution is -0.120. The Kier molecular flexibility index (Phi) is 6.04. The molecule has 0 spiro atoms. The van der Waals surface area contributed by atoms with E-state index in [1.165, 1.54) is 23.3 Å². The summed E-state index contributed by atoms with van der Waals surface area (Å²) in [5.41, 5.74) is 10.1. The average Bonchev–Trinajstić information content (AvgIpc) is 3.16. The maximum Gasteiger partial charge on any atom is 0.407 e. The first kappa shape index (κ1) is 20.4. The van der Waals surface area contributed by atoms with E-state index in [1.807, 2.05) is 36.4 Å². The molecule has 1 fully saturated rings. The zero-order valence-corrected chi connectivity index (χ0v) is 17.2. The van der Waals surface area contributed by atoms with Gasteiger partial charge in [0.05, 0.1) is 5.92 Å². The van der Waals surface area contributed by atoms with Crippen LogP contribution in [0.1, 0.15) is 46.9 Å². The number of hydrogen-bond acceptors (Lipinski definition) is 3. The third-order valence-corrected chi connectivity index (χ3v) is 6.45. The fourth-order valence-corrected chi connectivity index (χ4v) is 4.89. The molecule has 2 heterocycles. The van der Waals surface area contributed by atoms with Crippen molar-refractivity contribution in [3.8, 4) is 0 Å². The first-order valence-electron chi connectivity index (χ1n) is 10.7. The zero-order valence-electron chi connectivity index (χ0n) is 17.2. The molecule has 4 rings (SSSR count). The predicted molar refractivity (Wildman–Crippen MR) is 115 cm³/mol. The van der Waals surface area contributed by atoms with Crippen molar-refractivity contribution in [1.82, 2.24) is 9.80 Å². The summed E-state index contributed by atoms with van der Waals surface area (Å²) < 4.78 is 0. The standard InChI is InChI=1S/C24H29N3O3/c25-23(28)22(19-9-7-17(8-10-19)15-26-12-3-4-13-26)21-16-27(24(29)30)14-11-18-5-1-2-6-20(18)21/h1-2,5-10,21-22H,3-4,11-16H2,(H2,25,28)(H,29,30). The van der Waals surface area contributed by atoms with Gasteiger partial charge in [0.2, 0.25) is 5.91 Å². The van der Waals surface area contributed by atoms with Crippen molar-refractivity contribution in [2.45, 2.75) is 37.6 Å². The molecule has 0 bridgehead atoms. The van der Waals surface area contributed by atoms with Crippen molar-refractivity contribution in [3.63, 3.8) is 0 Å². The molecular weight excluding hydrogens is 378 g/mol.